The van der Waals surface area contributed by atoms with Crippen LogP contribution < -0.4 is 11.1 Å². The van der Waals surface area contributed by atoms with Gasteiger partial charge in [-0.3, -0.25) is 0 Å². The second-order valence-electron chi connectivity index (χ2n) is 4.92. The Morgan fingerprint density at radius 1 is 1.21 bits per heavy atom. The van der Waals surface area contributed by atoms with Gasteiger partial charge in [-0.15, -0.1) is 11.3 Å². The van der Waals surface area contributed by atoms with Crippen molar-refractivity contribution in [2.75, 3.05) is 11.1 Å². The lowest BCUT2D eigenvalue weighted by Gasteiger charge is -2.17. The summed E-state index contributed by atoms with van der Waals surface area (Å²) in [5, 5.41) is 3.36. The van der Waals surface area contributed by atoms with E-state index in [1.165, 1.54) is 21.4 Å². The van der Waals surface area contributed by atoms with Crippen molar-refractivity contribution in [3.05, 3.63) is 44.9 Å². The monoisotopic (exact) mass is 278 g/mol. The summed E-state index contributed by atoms with van der Waals surface area (Å²) < 4.78 is 13.4. The Morgan fingerprint density at radius 3 is 2.47 bits per heavy atom. The number of hydrogen-bond acceptors (Lipinski definition) is 3. The first kappa shape index (κ1) is 13.9. The molecule has 1 heterocycles. The van der Waals surface area contributed by atoms with Gasteiger partial charge in [-0.2, -0.15) is 0 Å². The van der Waals surface area contributed by atoms with Crippen molar-refractivity contribution in [3.63, 3.8) is 0 Å². The van der Waals surface area contributed by atoms with Crippen molar-refractivity contribution in [3.8, 4) is 0 Å². The van der Waals surface area contributed by atoms with Gasteiger partial charge in [0.2, 0.25) is 0 Å². The maximum atomic E-state index is 13.4. The van der Waals surface area contributed by atoms with Crippen molar-refractivity contribution in [2.24, 2.45) is 0 Å². The molecule has 2 rings (SSSR count). The van der Waals surface area contributed by atoms with Crippen LogP contribution in [0.5, 0.6) is 0 Å². The second-order valence-corrected chi connectivity index (χ2v) is 6.38. The fourth-order valence-corrected chi connectivity index (χ4v) is 3.24. The van der Waals surface area contributed by atoms with E-state index in [-0.39, 0.29) is 11.9 Å². The maximum Gasteiger partial charge on any atom is 0.128 e. The molecule has 2 nitrogen and oxygen atoms in total. The van der Waals surface area contributed by atoms with Crippen molar-refractivity contribution >= 4 is 22.7 Å². The zero-order valence-corrected chi connectivity index (χ0v) is 12.5. The number of nitrogens with two attached hydrogens (primary N) is 1. The van der Waals surface area contributed by atoms with E-state index in [0.717, 1.165) is 5.69 Å². The predicted molar refractivity (Wildman–Crippen MR) is 81.4 cm³/mol. The van der Waals surface area contributed by atoms with Gasteiger partial charge < -0.3 is 11.1 Å². The third kappa shape index (κ3) is 2.89. The molecule has 1 aromatic heterocycles. The van der Waals surface area contributed by atoms with Crippen LogP contribution in [0.15, 0.2) is 18.2 Å². The van der Waals surface area contributed by atoms with Gasteiger partial charge in [0, 0.05) is 15.8 Å². The number of aryl methyl sites for hydroxylation is 3. The summed E-state index contributed by atoms with van der Waals surface area (Å²) in [4.78, 5) is 2.60. The Kier molecular flexibility index (Phi) is 3.80. The highest BCUT2D eigenvalue weighted by molar-refractivity contribution is 7.12. The van der Waals surface area contributed by atoms with Crippen LogP contribution in [0.1, 0.15) is 33.8 Å². The maximum absolute atomic E-state index is 13.4. The number of hydrogen-bond donors (Lipinski definition) is 2. The van der Waals surface area contributed by atoms with E-state index in [1.807, 2.05) is 0 Å². The molecule has 0 aliphatic carbocycles. The van der Waals surface area contributed by atoms with E-state index in [1.54, 1.807) is 24.3 Å². The summed E-state index contributed by atoms with van der Waals surface area (Å²) in [7, 11) is 0. The van der Waals surface area contributed by atoms with Gasteiger partial charge in [-0.05, 0) is 57.0 Å². The van der Waals surface area contributed by atoms with Gasteiger partial charge in [0.15, 0.2) is 0 Å². The van der Waals surface area contributed by atoms with Gasteiger partial charge in [0.05, 0.1) is 11.4 Å². The van der Waals surface area contributed by atoms with Gasteiger partial charge >= 0.3 is 0 Å². The SMILES string of the molecule is Cc1cc(C(C)Nc2cc(C)c(F)cc2N)c(C)s1. The standard InChI is InChI=1S/C15H19FN2S/c1-8-5-15(14(17)7-13(8)16)18-10(3)12-6-9(2)19-11(12)4/h5-7,10,18H,17H2,1-4H3. The fourth-order valence-electron chi connectivity index (χ4n) is 2.21. The Hall–Kier alpha value is -1.55. The summed E-state index contributed by atoms with van der Waals surface area (Å²) >= 11 is 1.79. The zero-order chi connectivity index (χ0) is 14.2. The Balaban J connectivity index is 2.26. The van der Waals surface area contributed by atoms with Gasteiger partial charge in [0.25, 0.3) is 0 Å². The van der Waals surface area contributed by atoms with Gasteiger partial charge in [-0.1, -0.05) is 0 Å². The molecule has 0 bridgehead atoms. The molecule has 2 aromatic rings. The normalized spacial score (nSPS) is 12.5. The lowest BCUT2D eigenvalue weighted by molar-refractivity contribution is 0.619. The molecular weight excluding hydrogens is 259 g/mol. The van der Waals surface area contributed by atoms with Crippen LogP contribution in [0.2, 0.25) is 0 Å². The van der Waals surface area contributed by atoms with Gasteiger partial charge in [-0.25, -0.2) is 4.39 Å². The predicted octanol–water partition coefficient (Wildman–Crippen LogP) is 4.57. The van der Waals surface area contributed by atoms with Crippen LogP contribution in [0, 0.1) is 26.6 Å². The lowest BCUT2D eigenvalue weighted by atomic mass is 10.1. The third-order valence-corrected chi connectivity index (χ3v) is 4.23. The molecule has 1 unspecified atom stereocenters. The van der Waals surface area contributed by atoms with E-state index in [4.69, 9.17) is 5.73 Å². The average Bonchev–Trinajstić information content (AvgIpc) is 2.65. The highest BCUT2D eigenvalue weighted by atomic mass is 32.1. The third-order valence-electron chi connectivity index (χ3n) is 3.25. The number of thiophene rings is 1. The fraction of sp³-hybridized carbons (Fsp3) is 0.333. The minimum absolute atomic E-state index is 0.150. The van der Waals surface area contributed by atoms with E-state index in [9.17, 15) is 4.39 Å². The molecule has 0 saturated carbocycles. The van der Waals surface area contributed by atoms with Crippen molar-refractivity contribution < 1.29 is 4.39 Å². The molecule has 0 amide bonds. The Labute approximate surface area is 117 Å². The highest BCUT2D eigenvalue weighted by Crippen LogP contribution is 2.31. The summed E-state index contributed by atoms with van der Waals surface area (Å²) in [5.74, 6) is -0.265. The average molecular weight is 278 g/mol. The minimum atomic E-state index is -0.265. The quantitative estimate of drug-likeness (QED) is 0.807. The first-order chi connectivity index (χ1) is 8.88. The summed E-state index contributed by atoms with van der Waals surface area (Å²) in [6.07, 6.45) is 0. The molecule has 0 spiro atoms. The van der Waals surface area contributed by atoms with Crippen molar-refractivity contribution in [1.82, 2.24) is 0 Å². The van der Waals surface area contributed by atoms with E-state index >= 15 is 0 Å². The van der Waals surface area contributed by atoms with Crippen LogP contribution in [0.3, 0.4) is 0 Å². The van der Waals surface area contributed by atoms with Crippen molar-refractivity contribution in [2.45, 2.75) is 33.7 Å². The van der Waals surface area contributed by atoms with Crippen molar-refractivity contribution in [1.29, 1.82) is 0 Å². The number of benzene rings is 1. The molecule has 0 saturated heterocycles. The number of halogens is 1. The first-order valence-electron chi connectivity index (χ1n) is 6.27. The molecule has 1 aromatic carbocycles. The Bertz CT molecular complexity index is 604. The molecule has 0 aliphatic rings. The smallest absolute Gasteiger partial charge is 0.128 e. The summed E-state index contributed by atoms with van der Waals surface area (Å²) in [6.45, 7) is 8.05. The minimum Gasteiger partial charge on any atom is -0.397 e. The number of nitrogens with one attached hydrogen (secondary N) is 1. The van der Waals surface area contributed by atoms with Crippen LogP contribution in [-0.2, 0) is 0 Å². The Morgan fingerprint density at radius 2 is 1.89 bits per heavy atom. The molecule has 1 atom stereocenters. The number of anilines is 2. The summed E-state index contributed by atoms with van der Waals surface area (Å²) in [6, 6.07) is 5.47. The summed E-state index contributed by atoms with van der Waals surface area (Å²) in [5.41, 5.74) is 8.96. The van der Waals surface area contributed by atoms with E-state index in [2.05, 4.69) is 32.2 Å². The van der Waals surface area contributed by atoms with E-state index in [0.29, 0.717) is 11.3 Å². The van der Waals surface area contributed by atoms with Crippen LogP contribution in [0.25, 0.3) is 0 Å². The topological polar surface area (TPSA) is 38.0 Å². The van der Waals surface area contributed by atoms with Crippen LogP contribution >= 0.6 is 11.3 Å². The molecule has 19 heavy (non-hydrogen) atoms. The van der Waals surface area contributed by atoms with E-state index < -0.39 is 0 Å². The molecule has 0 radical (unpaired) electrons. The molecule has 3 N–H and O–H groups in total. The number of nitrogen functional groups attached to an aromatic ring is 1. The lowest BCUT2D eigenvalue weighted by Crippen LogP contribution is -2.09. The second kappa shape index (κ2) is 5.21. The first-order valence-corrected chi connectivity index (χ1v) is 7.09. The molecular formula is C15H19FN2S. The molecule has 0 aliphatic heterocycles. The molecule has 4 heteroatoms. The zero-order valence-electron chi connectivity index (χ0n) is 11.7. The largest absolute Gasteiger partial charge is 0.397 e. The highest BCUT2D eigenvalue weighted by Gasteiger charge is 2.13. The molecule has 0 fully saturated rings. The van der Waals surface area contributed by atoms with Crippen LogP contribution in [-0.4, -0.2) is 0 Å². The number of rotatable bonds is 3. The van der Waals surface area contributed by atoms with Crippen LogP contribution in [0.4, 0.5) is 15.8 Å². The van der Waals surface area contributed by atoms with Gasteiger partial charge in [0.1, 0.15) is 5.82 Å². The molecule has 102 valence electrons.